The number of nitrogens with zero attached hydrogens (tertiary/aromatic N) is 1. The van der Waals surface area contributed by atoms with Crippen molar-refractivity contribution in [3.63, 3.8) is 0 Å². The number of hydrogen-bond acceptors (Lipinski definition) is 3. The highest BCUT2D eigenvalue weighted by Gasteiger charge is 2.09. The summed E-state index contributed by atoms with van der Waals surface area (Å²) in [6.07, 6.45) is 0. The van der Waals surface area contributed by atoms with Crippen molar-refractivity contribution >= 4 is 30.7 Å². The van der Waals surface area contributed by atoms with E-state index in [0.29, 0.717) is 25.2 Å². The van der Waals surface area contributed by atoms with Crippen LogP contribution in [0.5, 0.6) is 0 Å². The van der Waals surface area contributed by atoms with Crippen molar-refractivity contribution in [2.45, 2.75) is 39.8 Å². The van der Waals surface area contributed by atoms with Gasteiger partial charge in [0.1, 0.15) is 0 Å². The van der Waals surface area contributed by atoms with Crippen molar-refractivity contribution in [3.8, 4) is 0 Å². The summed E-state index contributed by atoms with van der Waals surface area (Å²) in [6, 6.07) is 0.741. The second-order valence-electron chi connectivity index (χ2n) is 4.27. The molecule has 0 heterocycles. The Balaban J connectivity index is -0.000000980. The molecule has 1 amide bonds. The zero-order chi connectivity index (χ0) is 11.8. The van der Waals surface area contributed by atoms with Crippen molar-refractivity contribution in [2.24, 2.45) is 0 Å². The predicted octanol–water partition coefficient (Wildman–Crippen LogP) is 1.28. The molecule has 0 saturated heterocycles. The molecule has 4 nitrogen and oxygen atoms in total. The molecule has 0 unspecified atom stereocenters. The van der Waals surface area contributed by atoms with E-state index in [4.69, 9.17) is 0 Å². The number of amides is 1. The Kier molecular flexibility index (Phi) is 16.2. The molecule has 0 aromatic heterocycles. The van der Waals surface area contributed by atoms with Gasteiger partial charge in [0.2, 0.25) is 5.91 Å². The zero-order valence-corrected chi connectivity index (χ0v) is 13.1. The highest BCUT2D eigenvalue weighted by molar-refractivity contribution is 5.85. The molecule has 2 N–H and O–H groups in total. The van der Waals surface area contributed by atoms with E-state index < -0.39 is 0 Å². The van der Waals surface area contributed by atoms with Crippen LogP contribution in [0, 0.1) is 0 Å². The third kappa shape index (κ3) is 12.2. The lowest BCUT2D eigenvalue weighted by Crippen LogP contribution is -2.43. The molecule has 17 heavy (non-hydrogen) atoms. The molecular formula is C11H27Cl2N3O. The van der Waals surface area contributed by atoms with Gasteiger partial charge >= 0.3 is 0 Å². The van der Waals surface area contributed by atoms with Gasteiger partial charge in [0.25, 0.3) is 0 Å². The van der Waals surface area contributed by atoms with Crippen molar-refractivity contribution in [2.75, 3.05) is 26.7 Å². The Bertz CT molecular complexity index is 192. The Hall–Kier alpha value is -0.0300. The summed E-state index contributed by atoms with van der Waals surface area (Å²) >= 11 is 0. The molecule has 0 aliphatic heterocycles. The molecule has 0 aliphatic carbocycles. The van der Waals surface area contributed by atoms with Gasteiger partial charge in [0, 0.05) is 18.6 Å². The lowest BCUT2D eigenvalue weighted by molar-refractivity contribution is -0.122. The van der Waals surface area contributed by atoms with Crippen LogP contribution in [0.1, 0.15) is 27.7 Å². The third-order valence-electron chi connectivity index (χ3n) is 2.43. The van der Waals surface area contributed by atoms with Crippen LogP contribution in [0.4, 0.5) is 0 Å². The van der Waals surface area contributed by atoms with Crippen molar-refractivity contribution < 1.29 is 4.79 Å². The number of rotatable bonds is 7. The Morgan fingerprint density at radius 1 is 1.24 bits per heavy atom. The molecule has 0 aromatic carbocycles. The van der Waals surface area contributed by atoms with Gasteiger partial charge in [-0.3, -0.25) is 9.69 Å². The number of halogens is 2. The number of carbonyl (C=O) groups is 1. The van der Waals surface area contributed by atoms with E-state index in [0.717, 1.165) is 6.54 Å². The highest BCUT2D eigenvalue weighted by atomic mass is 35.5. The number of hydrogen-bond donors (Lipinski definition) is 2. The molecule has 0 aromatic rings. The first-order valence-corrected chi connectivity index (χ1v) is 5.67. The molecule has 0 rings (SSSR count). The minimum Gasteiger partial charge on any atom is -0.353 e. The summed E-state index contributed by atoms with van der Waals surface area (Å²) in [7, 11) is 1.96. The zero-order valence-electron chi connectivity index (χ0n) is 11.4. The van der Waals surface area contributed by atoms with Gasteiger partial charge in [-0.15, -0.1) is 24.8 Å². The van der Waals surface area contributed by atoms with Crippen LogP contribution in [-0.4, -0.2) is 49.6 Å². The fraction of sp³-hybridized carbons (Fsp3) is 0.909. The average Bonchev–Trinajstić information content (AvgIpc) is 2.15. The fourth-order valence-corrected chi connectivity index (χ4v) is 1.15. The Morgan fingerprint density at radius 3 is 2.18 bits per heavy atom. The highest BCUT2D eigenvalue weighted by Crippen LogP contribution is 1.91. The smallest absolute Gasteiger partial charge is 0.234 e. The lowest BCUT2D eigenvalue weighted by Gasteiger charge is -2.21. The molecule has 1 atom stereocenters. The monoisotopic (exact) mass is 287 g/mol. The van der Waals surface area contributed by atoms with Crippen LogP contribution >= 0.6 is 24.8 Å². The largest absolute Gasteiger partial charge is 0.353 e. The van der Waals surface area contributed by atoms with E-state index in [9.17, 15) is 4.79 Å². The van der Waals surface area contributed by atoms with Crippen LogP contribution < -0.4 is 10.6 Å². The fourth-order valence-electron chi connectivity index (χ4n) is 1.15. The second kappa shape index (κ2) is 12.4. The topological polar surface area (TPSA) is 44.4 Å². The average molecular weight is 288 g/mol. The maximum absolute atomic E-state index is 11.5. The normalized spacial score (nSPS) is 11.7. The van der Waals surface area contributed by atoms with Gasteiger partial charge < -0.3 is 10.6 Å². The van der Waals surface area contributed by atoms with E-state index in [-0.39, 0.29) is 30.7 Å². The molecule has 106 valence electrons. The molecule has 0 bridgehead atoms. The third-order valence-corrected chi connectivity index (χ3v) is 2.43. The SMILES string of the molecule is CCN[C@H](C)CNC(=O)CN(C)C(C)C.Cl.Cl. The molecule has 0 aliphatic rings. The standard InChI is InChI=1S/C11H25N3O.2ClH/c1-6-12-10(4)7-13-11(15)8-14(5)9(2)3;;/h9-10,12H,6-8H2,1-5H3,(H,13,15);2*1H/t10-;;/m1../s1. The lowest BCUT2D eigenvalue weighted by atomic mass is 10.3. The second-order valence-corrected chi connectivity index (χ2v) is 4.27. The molecule has 0 radical (unpaired) electrons. The van der Waals surface area contributed by atoms with Crippen molar-refractivity contribution in [1.82, 2.24) is 15.5 Å². The molecular weight excluding hydrogens is 261 g/mol. The quantitative estimate of drug-likeness (QED) is 0.742. The van der Waals surface area contributed by atoms with Crippen LogP contribution in [-0.2, 0) is 4.79 Å². The number of nitrogens with one attached hydrogen (secondary N) is 2. The van der Waals surface area contributed by atoms with Crippen LogP contribution in [0.2, 0.25) is 0 Å². The predicted molar refractivity (Wildman–Crippen MR) is 78.4 cm³/mol. The number of likely N-dealkylation sites (N-methyl/N-ethyl adjacent to an activating group) is 2. The molecule has 6 heteroatoms. The van der Waals surface area contributed by atoms with Crippen LogP contribution in [0.25, 0.3) is 0 Å². The van der Waals surface area contributed by atoms with Gasteiger partial charge in [-0.05, 0) is 34.4 Å². The first-order valence-electron chi connectivity index (χ1n) is 5.67. The maximum Gasteiger partial charge on any atom is 0.234 e. The van der Waals surface area contributed by atoms with Gasteiger partial charge in [0.05, 0.1) is 6.54 Å². The van der Waals surface area contributed by atoms with Gasteiger partial charge in [-0.25, -0.2) is 0 Å². The summed E-state index contributed by atoms with van der Waals surface area (Å²) in [6.45, 7) is 10.4. The summed E-state index contributed by atoms with van der Waals surface area (Å²) in [4.78, 5) is 13.5. The van der Waals surface area contributed by atoms with Crippen molar-refractivity contribution in [1.29, 1.82) is 0 Å². The minimum absolute atomic E-state index is 0. The van der Waals surface area contributed by atoms with Gasteiger partial charge in [-0.1, -0.05) is 6.92 Å². The summed E-state index contributed by atoms with van der Waals surface area (Å²) in [5, 5.41) is 6.16. The van der Waals surface area contributed by atoms with E-state index >= 15 is 0 Å². The van der Waals surface area contributed by atoms with Gasteiger partial charge in [-0.2, -0.15) is 0 Å². The first-order chi connectivity index (χ1) is 6.97. The Labute approximate surface area is 118 Å². The minimum atomic E-state index is 0. The number of carbonyl (C=O) groups excluding carboxylic acids is 1. The van der Waals surface area contributed by atoms with E-state index in [2.05, 4.69) is 38.3 Å². The van der Waals surface area contributed by atoms with E-state index in [1.165, 1.54) is 0 Å². The van der Waals surface area contributed by atoms with Crippen molar-refractivity contribution in [3.05, 3.63) is 0 Å². The van der Waals surface area contributed by atoms with Gasteiger partial charge in [0.15, 0.2) is 0 Å². The summed E-state index contributed by atoms with van der Waals surface area (Å²) in [5.74, 6) is 0.0935. The van der Waals surface area contributed by atoms with Crippen LogP contribution in [0.3, 0.4) is 0 Å². The summed E-state index contributed by atoms with van der Waals surface area (Å²) in [5.41, 5.74) is 0. The first kappa shape index (κ1) is 22.2. The maximum atomic E-state index is 11.5. The van der Waals surface area contributed by atoms with E-state index in [1.54, 1.807) is 0 Å². The molecule has 0 spiro atoms. The molecule has 0 saturated carbocycles. The molecule has 0 fully saturated rings. The summed E-state index contributed by atoms with van der Waals surface area (Å²) < 4.78 is 0. The Morgan fingerprint density at radius 2 is 1.76 bits per heavy atom. The van der Waals surface area contributed by atoms with E-state index in [1.807, 2.05) is 11.9 Å². The van der Waals surface area contributed by atoms with Crippen LogP contribution in [0.15, 0.2) is 0 Å².